The van der Waals surface area contributed by atoms with Crippen molar-refractivity contribution in [1.82, 2.24) is 9.55 Å². The van der Waals surface area contributed by atoms with Gasteiger partial charge in [0.15, 0.2) is 0 Å². The van der Waals surface area contributed by atoms with E-state index in [1.165, 1.54) is 18.5 Å². The molecule has 1 aliphatic rings. The van der Waals surface area contributed by atoms with Gasteiger partial charge in [0.25, 0.3) is 0 Å². The first-order valence-electron chi connectivity index (χ1n) is 6.26. The maximum atomic E-state index is 6.14. The highest BCUT2D eigenvalue weighted by Gasteiger charge is 2.18. The van der Waals surface area contributed by atoms with Crippen molar-refractivity contribution < 1.29 is 4.74 Å². The molecule has 1 aliphatic heterocycles. The summed E-state index contributed by atoms with van der Waals surface area (Å²) in [6.07, 6.45) is 3.44. The smallest absolute Gasteiger partial charge is 0.203 e. The van der Waals surface area contributed by atoms with E-state index in [1.54, 1.807) is 0 Å². The summed E-state index contributed by atoms with van der Waals surface area (Å²) in [4.78, 5) is 4.41. The molecule has 0 fully saturated rings. The van der Waals surface area contributed by atoms with Gasteiger partial charge in [0.1, 0.15) is 18.1 Å². The molecule has 0 unspecified atom stereocenters. The normalized spacial score (nSPS) is 14.3. The third-order valence-electron chi connectivity index (χ3n) is 3.27. The monoisotopic (exact) mass is 262 g/mol. The SMILES string of the molecule is Clc1nc(COc2ccccc2)c2n1CCCC2. The van der Waals surface area contributed by atoms with Gasteiger partial charge in [0, 0.05) is 12.2 Å². The van der Waals surface area contributed by atoms with Crippen molar-refractivity contribution in [2.75, 3.05) is 0 Å². The van der Waals surface area contributed by atoms with E-state index in [4.69, 9.17) is 16.3 Å². The van der Waals surface area contributed by atoms with E-state index >= 15 is 0 Å². The third-order valence-corrected chi connectivity index (χ3v) is 3.56. The number of imidazole rings is 1. The van der Waals surface area contributed by atoms with Crippen LogP contribution in [0.25, 0.3) is 0 Å². The molecule has 0 amide bonds. The third kappa shape index (κ3) is 2.23. The van der Waals surface area contributed by atoms with Crippen molar-refractivity contribution in [3.8, 4) is 5.75 Å². The van der Waals surface area contributed by atoms with Crippen LogP contribution in [0.4, 0.5) is 0 Å². The second-order valence-electron chi connectivity index (χ2n) is 4.48. The van der Waals surface area contributed by atoms with Gasteiger partial charge in [-0.05, 0) is 43.0 Å². The van der Waals surface area contributed by atoms with Crippen molar-refractivity contribution in [3.63, 3.8) is 0 Å². The Morgan fingerprint density at radius 2 is 2.06 bits per heavy atom. The fourth-order valence-corrected chi connectivity index (χ4v) is 2.64. The molecule has 0 spiro atoms. The Bertz CT molecular complexity index is 536. The van der Waals surface area contributed by atoms with E-state index in [1.807, 2.05) is 30.3 Å². The molecular weight excluding hydrogens is 248 g/mol. The lowest BCUT2D eigenvalue weighted by molar-refractivity contribution is 0.299. The van der Waals surface area contributed by atoms with Crippen molar-refractivity contribution in [2.24, 2.45) is 0 Å². The Balaban J connectivity index is 1.77. The zero-order valence-electron chi connectivity index (χ0n) is 10.1. The van der Waals surface area contributed by atoms with Crippen LogP contribution in [0.3, 0.4) is 0 Å². The molecule has 0 saturated carbocycles. The number of ether oxygens (including phenoxy) is 1. The molecule has 0 radical (unpaired) electrons. The summed E-state index contributed by atoms with van der Waals surface area (Å²) in [5, 5.41) is 0.594. The van der Waals surface area contributed by atoms with Gasteiger partial charge >= 0.3 is 0 Å². The van der Waals surface area contributed by atoms with E-state index in [9.17, 15) is 0 Å². The van der Waals surface area contributed by atoms with Crippen LogP contribution in [0, 0.1) is 0 Å². The van der Waals surface area contributed by atoms with Crippen LogP contribution >= 0.6 is 11.6 Å². The van der Waals surface area contributed by atoms with Gasteiger partial charge in [-0.15, -0.1) is 0 Å². The minimum absolute atomic E-state index is 0.492. The highest BCUT2D eigenvalue weighted by Crippen LogP contribution is 2.24. The van der Waals surface area contributed by atoms with Crippen molar-refractivity contribution in [2.45, 2.75) is 32.4 Å². The van der Waals surface area contributed by atoms with Crippen LogP contribution in [-0.4, -0.2) is 9.55 Å². The van der Waals surface area contributed by atoms with Crippen molar-refractivity contribution >= 4 is 11.6 Å². The average molecular weight is 263 g/mol. The molecule has 2 aromatic rings. The number of hydrogen-bond donors (Lipinski definition) is 0. The van der Waals surface area contributed by atoms with Crippen molar-refractivity contribution in [1.29, 1.82) is 0 Å². The summed E-state index contributed by atoms with van der Waals surface area (Å²) in [5.74, 6) is 0.867. The summed E-state index contributed by atoms with van der Waals surface area (Å²) in [6, 6.07) is 9.80. The Morgan fingerprint density at radius 1 is 1.22 bits per heavy atom. The van der Waals surface area contributed by atoms with Gasteiger partial charge in [-0.25, -0.2) is 4.98 Å². The van der Waals surface area contributed by atoms with E-state index < -0.39 is 0 Å². The minimum Gasteiger partial charge on any atom is -0.487 e. The van der Waals surface area contributed by atoms with Crippen LogP contribution in [0.15, 0.2) is 30.3 Å². The van der Waals surface area contributed by atoms with Gasteiger partial charge < -0.3 is 9.30 Å². The molecule has 0 saturated heterocycles. The number of rotatable bonds is 3. The first-order chi connectivity index (χ1) is 8.84. The van der Waals surface area contributed by atoms with E-state index in [-0.39, 0.29) is 0 Å². The number of fused-ring (bicyclic) bond motifs is 1. The molecule has 0 atom stereocenters. The summed E-state index contributed by atoms with van der Waals surface area (Å²) in [5.41, 5.74) is 2.21. The number of benzene rings is 1. The second kappa shape index (κ2) is 5.02. The molecule has 94 valence electrons. The first kappa shape index (κ1) is 11.6. The van der Waals surface area contributed by atoms with Crippen LogP contribution < -0.4 is 4.74 Å². The van der Waals surface area contributed by atoms with Gasteiger partial charge in [-0.1, -0.05) is 18.2 Å². The first-order valence-corrected chi connectivity index (χ1v) is 6.64. The van der Waals surface area contributed by atoms with Gasteiger partial charge in [0.2, 0.25) is 5.28 Å². The van der Waals surface area contributed by atoms with E-state index in [0.29, 0.717) is 11.9 Å². The Hall–Kier alpha value is -1.48. The maximum absolute atomic E-state index is 6.14. The number of nitrogens with zero attached hydrogens (tertiary/aromatic N) is 2. The summed E-state index contributed by atoms with van der Waals surface area (Å²) in [7, 11) is 0. The van der Waals surface area contributed by atoms with Crippen LogP contribution in [0.1, 0.15) is 24.2 Å². The molecule has 2 heterocycles. The molecule has 1 aromatic heterocycles. The minimum atomic E-state index is 0.492. The molecule has 4 heteroatoms. The summed E-state index contributed by atoms with van der Waals surface area (Å²) < 4.78 is 7.84. The summed E-state index contributed by atoms with van der Waals surface area (Å²) in [6.45, 7) is 1.47. The number of aromatic nitrogens is 2. The molecule has 18 heavy (non-hydrogen) atoms. The lowest BCUT2D eigenvalue weighted by atomic mass is 10.1. The lowest BCUT2D eigenvalue weighted by Gasteiger charge is -2.15. The molecule has 0 N–H and O–H groups in total. The molecule has 3 rings (SSSR count). The van der Waals surface area contributed by atoms with E-state index in [0.717, 1.165) is 24.4 Å². The summed E-state index contributed by atoms with van der Waals surface area (Å²) >= 11 is 6.14. The second-order valence-corrected chi connectivity index (χ2v) is 4.82. The van der Waals surface area contributed by atoms with E-state index in [2.05, 4.69) is 9.55 Å². The molecule has 0 bridgehead atoms. The fraction of sp³-hybridized carbons (Fsp3) is 0.357. The topological polar surface area (TPSA) is 27.1 Å². The quantitative estimate of drug-likeness (QED) is 0.847. The van der Waals surface area contributed by atoms with Crippen LogP contribution in [0.2, 0.25) is 5.28 Å². The van der Waals surface area contributed by atoms with Crippen LogP contribution in [0.5, 0.6) is 5.75 Å². The van der Waals surface area contributed by atoms with Crippen LogP contribution in [-0.2, 0) is 19.6 Å². The molecule has 3 nitrogen and oxygen atoms in total. The maximum Gasteiger partial charge on any atom is 0.203 e. The van der Waals surface area contributed by atoms with Gasteiger partial charge in [-0.2, -0.15) is 0 Å². The largest absolute Gasteiger partial charge is 0.487 e. The predicted octanol–water partition coefficient (Wildman–Crippen LogP) is 3.45. The Labute approximate surface area is 111 Å². The number of hydrogen-bond acceptors (Lipinski definition) is 2. The molecular formula is C14H15ClN2O. The molecule has 0 aliphatic carbocycles. The predicted molar refractivity (Wildman–Crippen MR) is 70.9 cm³/mol. The Kier molecular flexibility index (Phi) is 3.24. The van der Waals surface area contributed by atoms with Gasteiger partial charge in [-0.3, -0.25) is 0 Å². The number of para-hydroxylation sites is 1. The average Bonchev–Trinajstić information content (AvgIpc) is 2.75. The van der Waals surface area contributed by atoms with Gasteiger partial charge in [0.05, 0.1) is 0 Å². The fourth-order valence-electron chi connectivity index (χ4n) is 2.36. The zero-order valence-corrected chi connectivity index (χ0v) is 10.9. The standard InChI is InChI=1S/C14H15ClN2O/c15-14-16-12(13-8-4-5-9-17(13)14)10-18-11-6-2-1-3-7-11/h1-3,6-7H,4-5,8-10H2. The molecule has 1 aromatic carbocycles. The number of halogens is 1. The zero-order chi connectivity index (χ0) is 12.4. The Morgan fingerprint density at radius 3 is 2.89 bits per heavy atom. The lowest BCUT2D eigenvalue weighted by Crippen LogP contribution is -2.11. The highest BCUT2D eigenvalue weighted by molar-refractivity contribution is 6.28. The highest BCUT2D eigenvalue weighted by atomic mass is 35.5. The van der Waals surface area contributed by atoms with Crippen molar-refractivity contribution in [3.05, 3.63) is 47.0 Å².